The SMILES string of the molecule is O=C(Cc1ccc2ccccc2c1)N(Cc1ccncc1)C1CC1. The van der Waals surface area contributed by atoms with Gasteiger partial charge >= 0.3 is 0 Å². The normalized spacial score (nSPS) is 13.8. The first-order chi connectivity index (χ1) is 11.8. The average molecular weight is 316 g/mol. The van der Waals surface area contributed by atoms with Gasteiger partial charge in [0.15, 0.2) is 0 Å². The molecule has 24 heavy (non-hydrogen) atoms. The zero-order chi connectivity index (χ0) is 16.4. The second kappa shape index (κ2) is 6.44. The number of carbonyl (C=O) groups excluding carboxylic acids is 1. The molecule has 4 rings (SSSR count). The van der Waals surface area contributed by atoms with Crippen LogP contribution in [0.2, 0.25) is 0 Å². The summed E-state index contributed by atoms with van der Waals surface area (Å²) in [6, 6.07) is 18.9. The van der Waals surface area contributed by atoms with Crippen molar-refractivity contribution < 1.29 is 4.79 Å². The standard InChI is InChI=1S/C21H20N2O/c24-21(14-17-5-6-18-3-1-2-4-19(18)13-17)23(20-7-8-20)15-16-9-11-22-12-10-16/h1-6,9-13,20H,7-8,14-15H2. The molecule has 2 aromatic carbocycles. The molecule has 0 spiro atoms. The highest BCUT2D eigenvalue weighted by atomic mass is 16.2. The quantitative estimate of drug-likeness (QED) is 0.713. The Balaban J connectivity index is 1.52. The summed E-state index contributed by atoms with van der Waals surface area (Å²) in [6.07, 6.45) is 6.28. The van der Waals surface area contributed by atoms with Crippen LogP contribution in [0.4, 0.5) is 0 Å². The van der Waals surface area contributed by atoms with Crippen molar-refractivity contribution in [1.29, 1.82) is 0 Å². The maximum absolute atomic E-state index is 12.8. The van der Waals surface area contributed by atoms with E-state index < -0.39 is 0 Å². The molecule has 0 unspecified atom stereocenters. The van der Waals surface area contributed by atoms with Crippen LogP contribution in [0.1, 0.15) is 24.0 Å². The van der Waals surface area contributed by atoms with Gasteiger partial charge in [-0.2, -0.15) is 0 Å². The maximum atomic E-state index is 12.8. The highest BCUT2D eigenvalue weighted by Gasteiger charge is 2.32. The number of fused-ring (bicyclic) bond motifs is 1. The van der Waals surface area contributed by atoms with E-state index in [0.717, 1.165) is 24.0 Å². The minimum absolute atomic E-state index is 0.213. The van der Waals surface area contributed by atoms with Gasteiger partial charge in [-0.1, -0.05) is 42.5 Å². The predicted octanol–water partition coefficient (Wildman–Crippen LogP) is 3.97. The lowest BCUT2D eigenvalue weighted by molar-refractivity contribution is -0.131. The van der Waals surface area contributed by atoms with Crippen molar-refractivity contribution in [1.82, 2.24) is 9.88 Å². The smallest absolute Gasteiger partial charge is 0.227 e. The molecule has 1 saturated carbocycles. The Morgan fingerprint density at radius 3 is 2.46 bits per heavy atom. The second-order valence-electron chi connectivity index (χ2n) is 6.47. The molecule has 1 aliphatic rings. The number of hydrogen-bond acceptors (Lipinski definition) is 2. The van der Waals surface area contributed by atoms with Gasteiger partial charge in [-0.05, 0) is 46.9 Å². The average Bonchev–Trinajstić information content (AvgIpc) is 3.45. The molecule has 1 amide bonds. The minimum Gasteiger partial charge on any atom is -0.335 e. The molecule has 0 saturated heterocycles. The van der Waals surface area contributed by atoms with Gasteiger partial charge in [0, 0.05) is 25.0 Å². The van der Waals surface area contributed by atoms with E-state index in [4.69, 9.17) is 0 Å². The van der Waals surface area contributed by atoms with Crippen LogP contribution < -0.4 is 0 Å². The van der Waals surface area contributed by atoms with Crippen LogP contribution in [0.25, 0.3) is 10.8 Å². The zero-order valence-corrected chi connectivity index (χ0v) is 13.6. The van der Waals surface area contributed by atoms with Crippen molar-refractivity contribution in [2.24, 2.45) is 0 Å². The number of hydrogen-bond donors (Lipinski definition) is 0. The Hall–Kier alpha value is -2.68. The fourth-order valence-corrected chi connectivity index (χ4v) is 3.12. The third-order valence-electron chi connectivity index (χ3n) is 4.58. The van der Waals surface area contributed by atoms with E-state index in [-0.39, 0.29) is 5.91 Å². The zero-order valence-electron chi connectivity index (χ0n) is 13.6. The van der Waals surface area contributed by atoms with Crippen LogP contribution in [0.5, 0.6) is 0 Å². The molecule has 0 radical (unpaired) electrons. The number of benzene rings is 2. The van der Waals surface area contributed by atoms with E-state index >= 15 is 0 Å². The molecule has 1 heterocycles. The molecular formula is C21H20N2O. The largest absolute Gasteiger partial charge is 0.335 e. The summed E-state index contributed by atoms with van der Waals surface area (Å²) in [5.74, 6) is 0.213. The van der Waals surface area contributed by atoms with Gasteiger partial charge in [-0.15, -0.1) is 0 Å². The van der Waals surface area contributed by atoms with E-state index in [2.05, 4.69) is 35.3 Å². The summed E-state index contributed by atoms with van der Waals surface area (Å²) in [6.45, 7) is 0.680. The van der Waals surface area contributed by atoms with Crippen molar-refractivity contribution in [3.05, 3.63) is 78.1 Å². The number of pyridine rings is 1. The summed E-state index contributed by atoms with van der Waals surface area (Å²) in [4.78, 5) is 18.9. The molecule has 1 fully saturated rings. The van der Waals surface area contributed by atoms with Crippen LogP contribution in [-0.4, -0.2) is 21.8 Å². The number of aromatic nitrogens is 1. The molecule has 1 aliphatic carbocycles. The van der Waals surface area contributed by atoms with Crippen LogP contribution in [0.15, 0.2) is 67.0 Å². The first kappa shape index (κ1) is 14.9. The molecule has 1 aromatic heterocycles. The number of nitrogens with zero attached hydrogens (tertiary/aromatic N) is 2. The van der Waals surface area contributed by atoms with Gasteiger partial charge in [0.05, 0.1) is 6.42 Å². The van der Waals surface area contributed by atoms with Crippen LogP contribution in [0.3, 0.4) is 0 Å². The highest BCUT2D eigenvalue weighted by Crippen LogP contribution is 2.29. The third-order valence-corrected chi connectivity index (χ3v) is 4.58. The Labute approximate surface area is 141 Å². The van der Waals surface area contributed by atoms with Gasteiger partial charge in [-0.25, -0.2) is 0 Å². The monoisotopic (exact) mass is 316 g/mol. The van der Waals surface area contributed by atoms with Crippen LogP contribution >= 0.6 is 0 Å². The fourth-order valence-electron chi connectivity index (χ4n) is 3.12. The van der Waals surface area contributed by atoms with Crippen LogP contribution in [-0.2, 0) is 17.8 Å². The lowest BCUT2D eigenvalue weighted by Gasteiger charge is -2.22. The van der Waals surface area contributed by atoms with Crippen LogP contribution in [0, 0.1) is 0 Å². The van der Waals surface area contributed by atoms with Crippen molar-refractivity contribution in [2.45, 2.75) is 31.8 Å². The van der Waals surface area contributed by atoms with E-state index in [1.165, 1.54) is 10.8 Å². The van der Waals surface area contributed by atoms with E-state index in [1.807, 2.05) is 29.2 Å². The van der Waals surface area contributed by atoms with E-state index in [0.29, 0.717) is 19.0 Å². The molecule has 0 N–H and O–H groups in total. The second-order valence-corrected chi connectivity index (χ2v) is 6.47. The molecule has 3 nitrogen and oxygen atoms in total. The van der Waals surface area contributed by atoms with Gasteiger partial charge in [0.1, 0.15) is 0 Å². The number of carbonyl (C=O) groups is 1. The Morgan fingerprint density at radius 2 is 1.71 bits per heavy atom. The first-order valence-corrected chi connectivity index (χ1v) is 8.46. The first-order valence-electron chi connectivity index (χ1n) is 8.46. The number of amides is 1. The molecule has 120 valence electrons. The van der Waals surface area contributed by atoms with Gasteiger partial charge in [-0.3, -0.25) is 9.78 Å². The third kappa shape index (κ3) is 3.30. The highest BCUT2D eigenvalue weighted by molar-refractivity contribution is 5.85. The fraction of sp³-hybridized carbons (Fsp3) is 0.238. The Morgan fingerprint density at radius 1 is 0.958 bits per heavy atom. The molecule has 0 bridgehead atoms. The Bertz CT molecular complexity index is 856. The molecule has 0 aliphatic heterocycles. The summed E-state index contributed by atoms with van der Waals surface area (Å²) in [7, 11) is 0. The topological polar surface area (TPSA) is 33.2 Å². The summed E-state index contributed by atoms with van der Waals surface area (Å²) in [5, 5.41) is 2.40. The molecular weight excluding hydrogens is 296 g/mol. The van der Waals surface area contributed by atoms with Crippen molar-refractivity contribution in [2.75, 3.05) is 0 Å². The van der Waals surface area contributed by atoms with Gasteiger partial charge in [0.2, 0.25) is 5.91 Å². The van der Waals surface area contributed by atoms with Gasteiger partial charge in [0.25, 0.3) is 0 Å². The maximum Gasteiger partial charge on any atom is 0.227 e. The summed E-state index contributed by atoms with van der Waals surface area (Å²) < 4.78 is 0. The lowest BCUT2D eigenvalue weighted by atomic mass is 10.0. The van der Waals surface area contributed by atoms with E-state index in [9.17, 15) is 4.79 Å². The summed E-state index contributed by atoms with van der Waals surface area (Å²) >= 11 is 0. The predicted molar refractivity (Wildman–Crippen MR) is 95.5 cm³/mol. The Kier molecular flexibility index (Phi) is 3.99. The molecule has 0 atom stereocenters. The summed E-state index contributed by atoms with van der Waals surface area (Å²) in [5.41, 5.74) is 2.22. The molecule has 3 heteroatoms. The lowest BCUT2D eigenvalue weighted by Crippen LogP contribution is -2.33. The number of rotatable bonds is 5. The molecule has 3 aromatic rings. The van der Waals surface area contributed by atoms with Crippen molar-refractivity contribution in [3.8, 4) is 0 Å². The van der Waals surface area contributed by atoms with Crippen molar-refractivity contribution >= 4 is 16.7 Å². The van der Waals surface area contributed by atoms with Crippen molar-refractivity contribution in [3.63, 3.8) is 0 Å². The van der Waals surface area contributed by atoms with E-state index in [1.54, 1.807) is 12.4 Å². The minimum atomic E-state index is 0.213. The van der Waals surface area contributed by atoms with Gasteiger partial charge < -0.3 is 4.90 Å².